The SMILES string of the molecule is COC(=O)CCCCCCCCC(=O)C=CC=CC=CC(C)OC. The van der Waals surface area contributed by atoms with E-state index in [-0.39, 0.29) is 17.9 Å². The molecular formula is C20H32O4. The van der Waals surface area contributed by atoms with Gasteiger partial charge in [-0.1, -0.05) is 56.1 Å². The third-order valence-electron chi connectivity index (χ3n) is 3.65. The summed E-state index contributed by atoms with van der Waals surface area (Å²) in [6.45, 7) is 1.96. The highest BCUT2D eigenvalue weighted by atomic mass is 16.5. The van der Waals surface area contributed by atoms with E-state index in [1.54, 1.807) is 19.3 Å². The highest BCUT2D eigenvalue weighted by Gasteiger charge is 2.00. The van der Waals surface area contributed by atoms with Crippen molar-refractivity contribution in [3.63, 3.8) is 0 Å². The van der Waals surface area contributed by atoms with Gasteiger partial charge in [-0.3, -0.25) is 9.59 Å². The predicted molar refractivity (Wildman–Crippen MR) is 97.9 cm³/mol. The Hall–Kier alpha value is -1.68. The number of methoxy groups -OCH3 is 2. The third kappa shape index (κ3) is 15.2. The first-order chi connectivity index (χ1) is 11.6. The summed E-state index contributed by atoms with van der Waals surface area (Å²) in [4.78, 5) is 22.6. The average Bonchev–Trinajstić information content (AvgIpc) is 2.59. The lowest BCUT2D eigenvalue weighted by Gasteiger charge is -2.01. The molecule has 0 aromatic heterocycles. The Morgan fingerprint density at radius 3 is 2.04 bits per heavy atom. The summed E-state index contributed by atoms with van der Waals surface area (Å²) in [6.07, 6.45) is 18.3. The zero-order valence-corrected chi connectivity index (χ0v) is 15.3. The molecule has 4 heteroatoms. The van der Waals surface area contributed by atoms with Crippen LogP contribution in [0.15, 0.2) is 36.5 Å². The molecule has 1 unspecified atom stereocenters. The molecule has 0 N–H and O–H groups in total. The normalized spacial score (nSPS) is 13.1. The number of rotatable bonds is 14. The number of allylic oxidation sites excluding steroid dienone is 5. The van der Waals surface area contributed by atoms with Gasteiger partial charge in [0.1, 0.15) is 0 Å². The number of carbonyl (C=O) groups is 2. The van der Waals surface area contributed by atoms with Gasteiger partial charge in [-0.25, -0.2) is 0 Å². The number of hydrogen-bond acceptors (Lipinski definition) is 4. The quantitative estimate of drug-likeness (QED) is 0.202. The molecule has 0 aromatic carbocycles. The zero-order chi connectivity index (χ0) is 18.0. The minimum Gasteiger partial charge on any atom is -0.469 e. The summed E-state index contributed by atoms with van der Waals surface area (Å²) in [5.74, 6) is 0.0321. The lowest BCUT2D eigenvalue weighted by atomic mass is 10.1. The lowest BCUT2D eigenvalue weighted by Crippen LogP contribution is -1.99. The van der Waals surface area contributed by atoms with Gasteiger partial charge in [0.15, 0.2) is 5.78 Å². The number of esters is 1. The van der Waals surface area contributed by atoms with Gasteiger partial charge in [0.05, 0.1) is 13.2 Å². The van der Waals surface area contributed by atoms with E-state index in [0.717, 1.165) is 38.5 Å². The molecule has 0 aliphatic rings. The average molecular weight is 336 g/mol. The molecule has 136 valence electrons. The van der Waals surface area contributed by atoms with Crippen LogP contribution in [0.1, 0.15) is 58.3 Å². The van der Waals surface area contributed by atoms with Gasteiger partial charge in [-0.15, -0.1) is 0 Å². The van der Waals surface area contributed by atoms with Crippen LogP contribution in [-0.2, 0) is 19.1 Å². The molecule has 0 fully saturated rings. The highest BCUT2D eigenvalue weighted by molar-refractivity contribution is 5.89. The van der Waals surface area contributed by atoms with Gasteiger partial charge < -0.3 is 9.47 Å². The first-order valence-electron chi connectivity index (χ1n) is 8.74. The fourth-order valence-electron chi connectivity index (χ4n) is 2.05. The third-order valence-corrected chi connectivity index (χ3v) is 3.65. The van der Waals surface area contributed by atoms with Crippen molar-refractivity contribution < 1.29 is 19.1 Å². The minimum absolute atomic E-state index is 0.0979. The topological polar surface area (TPSA) is 52.6 Å². The van der Waals surface area contributed by atoms with Crippen LogP contribution in [0.3, 0.4) is 0 Å². The van der Waals surface area contributed by atoms with E-state index >= 15 is 0 Å². The van der Waals surface area contributed by atoms with Crippen molar-refractivity contribution in [1.82, 2.24) is 0 Å². The molecule has 0 saturated heterocycles. The fourth-order valence-corrected chi connectivity index (χ4v) is 2.05. The van der Waals surface area contributed by atoms with Crippen molar-refractivity contribution in [3.05, 3.63) is 36.5 Å². The first-order valence-corrected chi connectivity index (χ1v) is 8.74. The lowest BCUT2D eigenvalue weighted by molar-refractivity contribution is -0.140. The monoisotopic (exact) mass is 336 g/mol. The van der Waals surface area contributed by atoms with Gasteiger partial charge in [0.2, 0.25) is 0 Å². The van der Waals surface area contributed by atoms with Crippen molar-refractivity contribution in [3.8, 4) is 0 Å². The zero-order valence-electron chi connectivity index (χ0n) is 15.3. The van der Waals surface area contributed by atoms with Crippen molar-refractivity contribution in [2.75, 3.05) is 14.2 Å². The summed E-state index contributed by atoms with van der Waals surface area (Å²) >= 11 is 0. The van der Waals surface area contributed by atoms with Crippen LogP contribution in [0.25, 0.3) is 0 Å². The number of ketones is 1. The molecule has 0 bridgehead atoms. The van der Waals surface area contributed by atoms with Crippen LogP contribution >= 0.6 is 0 Å². The van der Waals surface area contributed by atoms with Gasteiger partial charge >= 0.3 is 5.97 Å². The fraction of sp³-hybridized carbons (Fsp3) is 0.600. The molecule has 0 heterocycles. The molecule has 0 amide bonds. The maximum atomic E-state index is 11.7. The Labute approximate surface area is 146 Å². The van der Waals surface area contributed by atoms with Gasteiger partial charge in [-0.05, 0) is 25.8 Å². The Kier molecular flexibility index (Phi) is 15.1. The second-order valence-corrected chi connectivity index (χ2v) is 5.73. The summed E-state index contributed by atoms with van der Waals surface area (Å²) in [5, 5.41) is 0. The molecule has 4 nitrogen and oxygen atoms in total. The molecule has 0 rings (SSSR count). The number of carbonyl (C=O) groups excluding carboxylic acids is 2. The van der Waals surface area contributed by atoms with Crippen LogP contribution < -0.4 is 0 Å². The molecule has 24 heavy (non-hydrogen) atoms. The minimum atomic E-state index is -0.134. The van der Waals surface area contributed by atoms with Crippen molar-refractivity contribution in [2.45, 2.75) is 64.4 Å². The summed E-state index contributed by atoms with van der Waals surface area (Å²) in [7, 11) is 3.09. The Morgan fingerprint density at radius 1 is 0.833 bits per heavy atom. The second kappa shape index (κ2) is 16.2. The molecule has 0 spiro atoms. The standard InChI is InChI=1S/C20H32O4/c1-18(23-2)14-10-8-9-12-16-19(21)15-11-6-4-5-7-13-17-20(22)24-3/h8-10,12,14,16,18H,4-7,11,13,15,17H2,1-3H3. The van der Waals surface area contributed by atoms with E-state index < -0.39 is 0 Å². The van der Waals surface area contributed by atoms with E-state index in [1.807, 2.05) is 31.2 Å². The maximum absolute atomic E-state index is 11.7. The molecular weight excluding hydrogens is 304 g/mol. The van der Waals surface area contributed by atoms with Crippen molar-refractivity contribution in [1.29, 1.82) is 0 Å². The van der Waals surface area contributed by atoms with Gasteiger partial charge in [-0.2, -0.15) is 0 Å². The van der Waals surface area contributed by atoms with E-state index in [2.05, 4.69) is 4.74 Å². The second-order valence-electron chi connectivity index (χ2n) is 5.73. The molecule has 0 aromatic rings. The number of ether oxygens (including phenoxy) is 2. The van der Waals surface area contributed by atoms with Crippen molar-refractivity contribution in [2.24, 2.45) is 0 Å². The van der Waals surface area contributed by atoms with Gasteiger partial charge in [0.25, 0.3) is 0 Å². The van der Waals surface area contributed by atoms with E-state index in [4.69, 9.17) is 4.74 Å². The van der Waals surface area contributed by atoms with E-state index in [0.29, 0.717) is 12.8 Å². The van der Waals surface area contributed by atoms with Crippen LogP contribution in [0.2, 0.25) is 0 Å². The van der Waals surface area contributed by atoms with Crippen LogP contribution in [-0.4, -0.2) is 32.1 Å². The molecule has 0 radical (unpaired) electrons. The van der Waals surface area contributed by atoms with E-state index in [9.17, 15) is 9.59 Å². The number of unbranched alkanes of at least 4 members (excludes halogenated alkanes) is 5. The number of hydrogen-bond donors (Lipinski definition) is 0. The summed E-state index contributed by atoms with van der Waals surface area (Å²) in [5.41, 5.74) is 0. The Morgan fingerprint density at radius 2 is 1.42 bits per heavy atom. The highest BCUT2D eigenvalue weighted by Crippen LogP contribution is 2.09. The predicted octanol–water partition coefficient (Wildman–Crippen LogP) is 4.55. The maximum Gasteiger partial charge on any atom is 0.305 e. The summed E-state index contributed by atoms with van der Waals surface area (Å²) < 4.78 is 9.68. The smallest absolute Gasteiger partial charge is 0.305 e. The van der Waals surface area contributed by atoms with Crippen LogP contribution in [0.4, 0.5) is 0 Å². The Bertz CT molecular complexity index is 421. The van der Waals surface area contributed by atoms with Crippen LogP contribution in [0.5, 0.6) is 0 Å². The molecule has 0 aliphatic carbocycles. The Balaban J connectivity index is 3.55. The molecule has 0 saturated carbocycles. The van der Waals surface area contributed by atoms with Gasteiger partial charge in [0, 0.05) is 20.0 Å². The van der Waals surface area contributed by atoms with E-state index in [1.165, 1.54) is 7.11 Å². The first kappa shape index (κ1) is 22.3. The molecule has 1 atom stereocenters. The molecule has 0 aliphatic heterocycles. The largest absolute Gasteiger partial charge is 0.469 e. The summed E-state index contributed by atoms with van der Waals surface area (Å²) in [6, 6.07) is 0. The van der Waals surface area contributed by atoms with Crippen LogP contribution in [0, 0.1) is 0 Å². The van der Waals surface area contributed by atoms with Crippen molar-refractivity contribution >= 4 is 11.8 Å².